The van der Waals surface area contributed by atoms with Crippen molar-refractivity contribution in [1.29, 1.82) is 0 Å². The highest BCUT2D eigenvalue weighted by molar-refractivity contribution is 5.29. The summed E-state index contributed by atoms with van der Waals surface area (Å²) in [6, 6.07) is 7.64. The van der Waals surface area contributed by atoms with Crippen molar-refractivity contribution in [2.75, 3.05) is 33.5 Å². The van der Waals surface area contributed by atoms with Gasteiger partial charge in [-0.3, -0.25) is 0 Å². The quantitative estimate of drug-likeness (QED) is 0.689. The van der Waals surface area contributed by atoms with Crippen LogP contribution in [0.4, 0.5) is 0 Å². The van der Waals surface area contributed by atoms with Crippen molar-refractivity contribution >= 4 is 0 Å². The van der Waals surface area contributed by atoms with Crippen molar-refractivity contribution in [2.45, 2.75) is 0 Å². The van der Waals surface area contributed by atoms with Gasteiger partial charge >= 0.3 is 0 Å². The number of ether oxygens (including phenoxy) is 3. The molecular weight excluding hydrogens is 196 g/mol. The number of rotatable bonds is 7. The molecule has 1 aromatic carbocycles. The molecule has 0 aliphatic heterocycles. The van der Waals surface area contributed by atoms with Gasteiger partial charge in [0.05, 0.1) is 25.9 Å². The largest absolute Gasteiger partial charge is 0.507 e. The maximum atomic E-state index is 9.10. The lowest BCUT2D eigenvalue weighted by Gasteiger charge is -2.06. The number of aromatic hydroxyl groups is 1. The van der Waals surface area contributed by atoms with Crippen molar-refractivity contribution in [2.24, 2.45) is 0 Å². The van der Waals surface area contributed by atoms with Crippen molar-refractivity contribution in [3.05, 3.63) is 24.3 Å². The van der Waals surface area contributed by atoms with Gasteiger partial charge in [-0.05, 0) is 12.1 Å². The summed E-state index contributed by atoms with van der Waals surface area (Å²) >= 11 is 0. The molecule has 1 aromatic rings. The summed E-state index contributed by atoms with van der Waals surface area (Å²) in [5, 5.41) is 9.10. The third kappa shape index (κ3) is 5.24. The summed E-state index contributed by atoms with van der Waals surface area (Å²) in [6.07, 6.45) is 0. The van der Waals surface area contributed by atoms with Crippen LogP contribution in [0.15, 0.2) is 18.2 Å². The predicted molar refractivity (Wildman–Crippen MR) is 55.1 cm³/mol. The molecule has 15 heavy (non-hydrogen) atoms. The van der Waals surface area contributed by atoms with E-state index in [4.69, 9.17) is 19.3 Å². The zero-order valence-electron chi connectivity index (χ0n) is 8.73. The minimum Gasteiger partial charge on any atom is -0.507 e. The molecule has 0 amide bonds. The molecule has 1 radical (unpaired) electrons. The third-order valence-electron chi connectivity index (χ3n) is 1.67. The highest BCUT2D eigenvalue weighted by Crippen LogP contribution is 2.16. The summed E-state index contributed by atoms with van der Waals surface area (Å²) in [6.45, 7) is 2.07. The number of phenolic OH excluding ortho intramolecular Hbond substituents is 1. The molecule has 0 saturated carbocycles. The molecular formula is C11H15O4. The molecule has 0 aliphatic carbocycles. The Hall–Kier alpha value is -1.26. The van der Waals surface area contributed by atoms with Gasteiger partial charge in [-0.2, -0.15) is 0 Å². The van der Waals surface area contributed by atoms with E-state index in [1.165, 1.54) is 0 Å². The normalized spacial score (nSPS) is 10.2. The summed E-state index contributed by atoms with van der Waals surface area (Å²) < 4.78 is 15.3. The molecule has 0 heterocycles. The van der Waals surface area contributed by atoms with E-state index in [2.05, 4.69) is 6.07 Å². The van der Waals surface area contributed by atoms with Gasteiger partial charge in [0.15, 0.2) is 0 Å². The highest BCUT2D eigenvalue weighted by Gasteiger charge is 1.95. The van der Waals surface area contributed by atoms with Crippen LogP contribution in [0.1, 0.15) is 0 Å². The van der Waals surface area contributed by atoms with Crippen molar-refractivity contribution in [3.8, 4) is 11.5 Å². The average molecular weight is 211 g/mol. The third-order valence-corrected chi connectivity index (χ3v) is 1.67. The fraction of sp³-hybridized carbons (Fsp3) is 0.455. The SMILES string of the molecule is COCCOCCOc1[c]c(O)ccc1. The molecule has 4 nitrogen and oxygen atoms in total. The van der Waals surface area contributed by atoms with E-state index in [0.717, 1.165) is 0 Å². The molecule has 0 aliphatic rings. The van der Waals surface area contributed by atoms with E-state index in [1.54, 1.807) is 25.3 Å². The second-order valence-electron chi connectivity index (χ2n) is 2.85. The van der Waals surface area contributed by atoms with Crippen LogP contribution in [0.5, 0.6) is 11.5 Å². The van der Waals surface area contributed by atoms with E-state index in [0.29, 0.717) is 32.2 Å². The molecule has 0 fully saturated rings. The van der Waals surface area contributed by atoms with Crippen molar-refractivity contribution in [3.63, 3.8) is 0 Å². The lowest BCUT2D eigenvalue weighted by atomic mass is 10.3. The van der Waals surface area contributed by atoms with E-state index in [-0.39, 0.29) is 5.75 Å². The first-order chi connectivity index (χ1) is 7.33. The molecule has 4 heteroatoms. The van der Waals surface area contributed by atoms with Gasteiger partial charge < -0.3 is 19.3 Å². The minimum atomic E-state index is 0.0767. The van der Waals surface area contributed by atoms with Crippen LogP contribution in [-0.2, 0) is 9.47 Å². The van der Waals surface area contributed by atoms with Gasteiger partial charge in [0.2, 0.25) is 0 Å². The first-order valence-electron chi connectivity index (χ1n) is 4.73. The number of hydrogen-bond donors (Lipinski definition) is 1. The zero-order valence-corrected chi connectivity index (χ0v) is 8.73. The Morgan fingerprint density at radius 2 is 2.00 bits per heavy atom. The number of phenols is 1. The summed E-state index contributed by atoms with van der Waals surface area (Å²) in [5.74, 6) is 0.596. The monoisotopic (exact) mass is 211 g/mol. The van der Waals surface area contributed by atoms with Crippen LogP contribution in [0, 0.1) is 6.07 Å². The lowest BCUT2D eigenvalue weighted by molar-refractivity contribution is 0.0543. The van der Waals surface area contributed by atoms with Gasteiger partial charge in [-0.15, -0.1) is 0 Å². The molecule has 1 N–H and O–H groups in total. The molecule has 0 aromatic heterocycles. The Bertz CT molecular complexity index is 275. The lowest BCUT2D eigenvalue weighted by Crippen LogP contribution is -2.09. The maximum Gasteiger partial charge on any atom is 0.131 e. The van der Waals surface area contributed by atoms with Crippen LogP contribution >= 0.6 is 0 Å². The number of hydrogen-bond acceptors (Lipinski definition) is 4. The molecule has 83 valence electrons. The topological polar surface area (TPSA) is 47.9 Å². The number of methoxy groups -OCH3 is 1. The Morgan fingerprint density at radius 3 is 2.73 bits per heavy atom. The Morgan fingerprint density at radius 1 is 1.20 bits per heavy atom. The second kappa shape index (κ2) is 7.09. The van der Waals surface area contributed by atoms with Crippen LogP contribution in [0.3, 0.4) is 0 Å². The maximum absolute atomic E-state index is 9.10. The second-order valence-corrected chi connectivity index (χ2v) is 2.85. The Balaban J connectivity index is 2.10. The highest BCUT2D eigenvalue weighted by atomic mass is 16.5. The van der Waals surface area contributed by atoms with E-state index < -0.39 is 0 Å². The predicted octanol–water partition coefficient (Wildman–Crippen LogP) is 1.23. The van der Waals surface area contributed by atoms with Crippen molar-refractivity contribution in [1.82, 2.24) is 0 Å². The van der Waals surface area contributed by atoms with Crippen LogP contribution < -0.4 is 4.74 Å². The first kappa shape index (κ1) is 11.8. The van der Waals surface area contributed by atoms with Gasteiger partial charge in [0.1, 0.15) is 18.1 Å². The summed E-state index contributed by atoms with van der Waals surface area (Å²) in [7, 11) is 1.63. The van der Waals surface area contributed by atoms with Crippen molar-refractivity contribution < 1.29 is 19.3 Å². The molecule has 0 unspecified atom stereocenters. The smallest absolute Gasteiger partial charge is 0.131 e. The van der Waals surface area contributed by atoms with Gasteiger partial charge in [0, 0.05) is 7.11 Å². The number of benzene rings is 1. The minimum absolute atomic E-state index is 0.0767. The summed E-state index contributed by atoms with van der Waals surface area (Å²) in [5.41, 5.74) is 0. The van der Waals surface area contributed by atoms with Gasteiger partial charge in [0.25, 0.3) is 0 Å². The van der Waals surface area contributed by atoms with Crippen LogP contribution in [0.25, 0.3) is 0 Å². The van der Waals surface area contributed by atoms with E-state index in [9.17, 15) is 0 Å². The zero-order chi connectivity index (χ0) is 10.9. The standard InChI is InChI=1S/C11H15O4/c1-13-5-6-14-7-8-15-11-4-2-3-10(12)9-11/h2-4,12H,5-8H2,1H3. The fourth-order valence-corrected chi connectivity index (χ4v) is 0.975. The van der Waals surface area contributed by atoms with Crippen LogP contribution in [-0.4, -0.2) is 38.6 Å². The molecule has 0 saturated heterocycles. The molecule has 1 rings (SSSR count). The summed E-state index contributed by atoms with van der Waals surface area (Å²) in [4.78, 5) is 0. The Labute approximate surface area is 89.4 Å². The Kier molecular flexibility index (Phi) is 5.58. The van der Waals surface area contributed by atoms with Crippen LogP contribution in [0.2, 0.25) is 0 Å². The first-order valence-corrected chi connectivity index (χ1v) is 4.73. The molecule has 0 bridgehead atoms. The van der Waals surface area contributed by atoms with Gasteiger partial charge in [-0.1, -0.05) is 6.07 Å². The van der Waals surface area contributed by atoms with E-state index >= 15 is 0 Å². The fourth-order valence-electron chi connectivity index (χ4n) is 0.975. The van der Waals surface area contributed by atoms with Gasteiger partial charge in [-0.25, -0.2) is 0 Å². The molecule has 0 spiro atoms. The van der Waals surface area contributed by atoms with E-state index in [1.807, 2.05) is 0 Å². The average Bonchev–Trinajstić information content (AvgIpc) is 2.23. The molecule has 0 atom stereocenters.